The van der Waals surface area contributed by atoms with Crippen LogP contribution in [0.3, 0.4) is 0 Å². The standard InChI is InChI=1S/C7H6F2O/c8-4-5-1-2-6(10)3-7(5)9/h1-3,10H,4H2. The number of aromatic hydroxyl groups is 1. The van der Waals surface area contributed by atoms with E-state index < -0.39 is 12.5 Å². The third-order valence-electron chi connectivity index (χ3n) is 1.18. The quantitative estimate of drug-likeness (QED) is 0.639. The molecular weight excluding hydrogens is 138 g/mol. The molecule has 1 nitrogen and oxygen atoms in total. The molecule has 0 aliphatic rings. The van der Waals surface area contributed by atoms with Crippen molar-refractivity contribution in [2.75, 3.05) is 0 Å². The molecule has 0 unspecified atom stereocenters. The van der Waals surface area contributed by atoms with Crippen LogP contribution >= 0.6 is 0 Å². The fourth-order valence-corrected chi connectivity index (χ4v) is 0.645. The topological polar surface area (TPSA) is 20.2 Å². The molecule has 0 atom stereocenters. The van der Waals surface area contributed by atoms with E-state index in [1.165, 1.54) is 12.1 Å². The highest BCUT2D eigenvalue weighted by Crippen LogP contribution is 2.15. The lowest BCUT2D eigenvalue weighted by Gasteiger charge is -1.96. The fraction of sp³-hybridized carbons (Fsp3) is 0.143. The van der Waals surface area contributed by atoms with E-state index >= 15 is 0 Å². The Bertz CT molecular complexity index is 235. The van der Waals surface area contributed by atoms with Crippen LogP contribution in [0.1, 0.15) is 5.56 Å². The minimum Gasteiger partial charge on any atom is -0.508 e. The van der Waals surface area contributed by atoms with Crippen molar-refractivity contribution in [3.8, 4) is 5.75 Å². The van der Waals surface area contributed by atoms with Crippen LogP contribution in [0.15, 0.2) is 18.2 Å². The molecular formula is C7H6F2O. The number of rotatable bonds is 1. The molecule has 1 rings (SSSR count). The number of phenolic OH excluding ortho intramolecular Hbond substituents is 1. The largest absolute Gasteiger partial charge is 0.508 e. The van der Waals surface area contributed by atoms with Gasteiger partial charge in [0.15, 0.2) is 0 Å². The summed E-state index contributed by atoms with van der Waals surface area (Å²) in [5.41, 5.74) is -0.0298. The van der Waals surface area contributed by atoms with Crippen molar-refractivity contribution in [2.45, 2.75) is 6.67 Å². The van der Waals surface area contributed by atoms with Crippen LogP contribution < -0.4 is 0 Å². The molecule has 0 heterocycles. The van der Waals surface area contributed by atoms with E-state index in [9.17, 15) is 8.78 Å². The van der Waals surface area contributed by atoms with Gasteiger partial charge in [-0.3, -0.25) is 0 Å². The first-order valence-corrected chi connectivity index (χ1v) is 2.77. The van der Waals surface area contributed by atoms with E-state index in [0.717, 1.165) is 6.07 Å². The molecule has 3 heteroatoms. The SMILES string of the molecule is Oc1ccc(CF)c(F)c1. The highest BCUT2D eigenvalue weighted by molar-refractivity contribution is 5.27. The summed E-state index contributed by atoms with van der Waals surface area (Å²) in [6, 6.07) is 3.34. The van der Waals surface area contributed by atoms with Gasteiger partial charge < -0.3 is 5.11 Å². The molecule has 0 radical (unpaired) electrons. The number of hydrogen-bond donors (Lipinski definition) is 1. The van der Waals surface area contributed by atoms with Crippen LogP contribution in [-0.2, 0) is 6.67 Å². The lowest BCUT2D eigenvalue weighted by Crippen LogP contribution is -1.84. The molecule has 0 amide bonds. The summed E-state index contributed by atoms with van der Waals surface area (Å²) in [4.78, 5) is 0. The zero-order valence-electron chi connectivity index (χ0n) is 5.14. The van der Waals surface area contributed by atoms with Gasteiger partial charge >= 0.3 is 0 Å². The Hall–Kier alpha value is -1.12. The predicted molar refractivity (Wildman–Crippen MR) is 32.9 cm³/mol. The van der Waals surface area contributed by atoms with Crippen molar-refractivity contribution < 1.29 is 13.9 Å². The van der Waals surface area contributed by atoms with Gasteiger partial charge in [-0.1, -0.05) is 0 Å². The molecule has 1 N–H and O–H groups in total. The van der Waals surface area contributed by atoms with Crippen LogP contribution in [0.2, 0.25) is 0 Å². The Labute approximate surface area is 56.9 Å². The van der Waals surface area contributed by atoms with Crippen LogP contribution in [0.25, 0.3) is 0 Å². The van der Waals surface area contributed by atoms with E-state index in [1.807, 2.05) is 0 Å². The highest BCUT2D eigenvalue weighted by atomic mass is 19.1. The van der Waals surface area contributed by atoms with Gasteiger partial charge in [0.05, 0.1) is 0 Å². The first kappa shape index (κ1) is 6.99. The summed E-state index contributed by atoms with van der Waals surface area (Å²) in [7, 11) is 0. The summed E-state index contributed by atoms with van der Waals surface area (Å²) < 4.78 is 24.2. The summed E-state index contributed by atoms with van der Waals surface area (Å²) in [6.07, 6.45) is 0. The monoisotopic (exact) mass is 144 g/mol. The molecule has 10 heavy (non-hydrogen) atoms. The summed E-state index contributed by atoms with van der Waals surface area (Å²) in [6.45, 7) is -0.841. The predicted octanol–water partition coefficient (Wildman–Crippen LogP) is 2.00. The Morgan fingerprint density at radius 2 is 2.10 bits per heavy atom. The van der Waals surface area contributed by atoms with Gasteiger partial charge in [0, 0.05) is 11.6 Å². The van der Waals surface area contributed by atoms with Crippen molar-refractivity contribution in [1.29, 1.82) is 0 Å². The molecule has 0 aromatic heterocycles. The molecule has 54 valence electrons. The molecule has 0 spiro atoms. The lowest BCUT2D eigenvalue weighted by molar-refractivity contribution is 0.449. The Kier molecular flexibility index (Phi) is 1.85. The van der Waals surface area contributed by atoms with E-state index in [0.29, 0.717) is 0 Å². The number of benzene rings is 1. The van der Waals surface area contributed by atoms with Crippen LogP contribution in [-0.4, -0.2) is 5.11 Å². The maximum Gasteiger partial charge on any atom is 0.132 e. The number of phenols is 1. The summed E-state index contributed by atoms with van der Waals surface area (Å²) >= 11 is 0. The van der Waals surface area contributed by atoms with Gasteiger partial charge in [-0.15, -0.1) is 0 Å². The van der Waals surface area contributed by atoms with Crippen molar-refractivity contribution in [1.82, 2.24) is 0 Å². The van der Waals surface area contributed by atoms with Crippen LogP contribution in [0.4, 0.5) is 8.78 Å². The molecule has 0 fully saturated rings. The Morgan fingerprint density at radius 1 is 1.40 bits per heavy atom. The number of hydrogen-bond acceptors (Lipinski definition) is 1. The van der Waals surface area contributed by atoms with Crippen molar-refractivity contribution >= 4 is 0 Å². The van der Waals surface area contributed by atoms with E-state index in [1.54, 1.807) is 0 Å². The molecule has 0 saturated carbocycles. The van der Waals surface area contributed by atoms with Crippen molar-refractivity contribution in [3.05, 3.63) is 29.6 Å². The Balaban J connectivity index is 3.07. The van der Waals surface area contributed by atoms with Gasteiger partial charge in [0.2, 0.25) is 0 Å². The molecule has 1 aromatic rings. The van der Waals surface area contributed by atoms with E-state index in [2.05, 4.69) is 0 Å². The Morgan fingerprint density at radius 3 is 2.60 bits per heavy atom. The molecule has 0 bridgehead atoms. The zero-order valence-corrected chi connectivity index (χ0v) is 5.14. The molecule has 0 aliphatic heterocycles. The summed E-state index contributed by atoms with van der Waals surface area (Å²) in [5.74, 6) is -0.891. The third kappa shape index (κ3) is 1.23. The lowest BCUT2D eigenvalue weighted by atomic mass is 10.2. The second-order valence-electron chi connectivity index (χ2n) is 1.91. The van der Waals surface area contributed by atoms with E-state index in [-0.39, 0.29) is 11.3 Å². The second-order valence-corrected chi connectivity index (χ2v) is 1.91. The van der Waals surface area contributed by atoms with Crippen molar-refractivity contribution in [3.63, 3.8) is 0 Å². The summed E-state index contributed by atoms with van der Waals surface area (Å²) in [5, 5.41) is 8.67. The van der Waals surface area contributed by atoms with E-state index in [4.69, 9.17) is 5.11 Å². The first-order valence-electron chi connectivity index (χ1n) is 2.77. The average Bonchev–Trinajstić information content (AvgIpc) is 1.88. The minimum absolute atomic E-state index is 0.0298. The maximum atomic E-state index is 12.5. The third-order valence-corrected chi connectivity index (χ3v) is 1.18. The van der Waals surface area contributed by atoms with Crippen LogP contribution in [0, 0.1) is 5.82 Å². The number of alkyl halides is 1. The maximum absolute atomic E-state index is 12.5. The second kappa shape index (κ2) is 2.64. The molecule has 0 aliphatic carbocycles. The van der Waals surface area contributed by atoms with Crippen molar-refractivity contribution in [2.24, 2.45) is 0 Å². The molecule has 0 saturated heterocycles. The van der Waals surface area contributed by atoms with Crippen LogP contribution in [0.5, 0.6) is 5.75 Å². The average molecular weight is 144 g/mol. The minimum atomic E-state index is -0.841. The van der Waals surface area contributed by atoms with Gasteiger partial charge in [0.1, 0.15) is 18.2 Å². The first-order chi connectivity index (χ1) is 4.74. The van der Waals surface area contributed by atoms with Gasteiger partial charge in [-0.25, -0.2) is 8.78 Å². The smallest absolute Gasteiger partial charge is 0.132 e. The van der Waals surface area contributed by atoms with Gasteiger partial charge in [-0.05, 0) is 12.1 Å². The zero-order chi connectivity index (χ0) is 7.56. The fourth-order valence-electron chi connectivity index (χ4n) is 0.645. The molecule has 1 aromatic carbocycles. The normalized spacial score (nSPS) is 9.80. The highest BCUT2D eigenvalue weighted by Gasteiger charge is 2.00. The van der Waals surface area contributed by atoms with Gasteiger partial charge in [-0.2, -0.15) is 0 Å². The van der Waals surface area contributed by atoms with Gasteiger partial charge in [0.25, 0.3) is 0 Å². The number of halogens is 2.